The molecule has 0 radical (unpaired) electrons. The maximum absolute atomic E-state index is 13.9. The molecule has 6 heteroatoms. The molecule has 2 saturated heterocycles. The van der Waals surface area contributed by atoms with Crippen LogP contribution < -0.4 is 0 Å². The van der Waals surface area contributed by atoms with E-state index in [0.717, 1.165) is 37.7 Å². The number of carbonyl (C=O) groups excluding carboxylic acids is 1. The van der Waals surface area contributed by atoms with Crippen LogP contribution in [-0.4, -0.2) is 54.0 Å². The number of carbonyl (C=O) groups is 1. The van der Waals surface area contributed by atoms with E-state index in [-0.39, 0.29) is 36.3 Å². The van der Waals surface area contributed by atoms with Crippen molar-refractivity contribution in [1.29, 1.82) is 0 Å². The van der Waals surface area contributed by atoms with Gasteiger partial charge >= 0.3 is 5.97 Å². The number of rotatable bonds is 2. The summed E-state index contributed by atoms with van der Waals surface area (Å²) in [5, 5.41) is 12.1. The molecular weight excluding hydrogens is 492 g/mol. The fourth-order valence-corrected chi connectivity index (χ4v) is 7.26. The topological polar surface area (TPSA) is 74.2 Å². The van der Waals surface area contributed by atoms with Crippen LogP contribution in [0.1, 0.15) is 99.3 Å². The van der Waals surface area contributed by atoms with Gasteiger partial charge in [-0.3, -0.25) is 4.79 Å². The molecule has 0 amide bonds. The molecule has 10 unspecified atom stereocenters. The van der Waals surface area contributed by atoms with Gasteiger partial charge < -0.3 is 24.1 Å². The molecule has 2 bridgehead atoms. The molecule has 39 heavy (non-hydrogen) atoms. The van der Waals surface area contributed by atoms with Crippen molar-refractivity contribution in [1.82, 2.24) is 0 Å². The van der Waals surface area contributed by atoms with Crippen LogP contribution in [0.3, 0.4) is 0 Å². The normalized spacial score (nSPS) is 44.3. The van der Waals surface area contributed by atoms with Crippen molar-refractivity contribution in [2.75, 3.05) is 7.11 Å². The molecule has 0 saturated carbocycles. The van der Waals surface area contributed by atoms with E-state index >= 15 is 0 Å². The Hall–Kier alpha value is -1.47. The zero-order valence-electron chi connectivity index (χ0n) is 25.3. The van der Waals surface area contributed by atoms with E-state index in [1.54, 1.807) is 7.11 Å². The molecule has 4 aliphatic rings. The SMILES string of the molecule is CCC1OC2(CCC1C)CC1CC(CC=C(C)CC(C)C=CCC(C)C3(O)CC(OC)C(C)=CC3C(=O)O1)O2. The third-order valence-electron chi connectivity index (χ3n) is 9.82. The molecule has 0 aromatic carbocycles. The van der Waals surface area contributed by atoms with Crippen molar-refractivity contribution in [2.45, 2.75) is 135 Å². The summed E-state index contributed by atoms with van der Waals surface area (Å²) in [4.78, 5) is 13.9. The van der Waals surface area contributed by atoms with Crippen molar-refractivity contribution in [3.05, 3.63) is 35.5 Å². The van der Waals surface area contributed by atoms with Gasteiger partial charge in [-0.1, -0.05) is 57.6 Å². The quantitative estimate of drug-likeness (QED) is 0.309. The predicted octanol–water partition coefficient (Wildman–Crippen LogP) is 6.67. The Labute approximate surface area is 236 Å². The summed E-state index contributed by atoms with van der Waals surface area (Å²) in [5.41, 5.74) is 1.04. The van der Waals surface area contributed by atoms with Crippen LogP contribution >= 0.6 is 0 Å². The molecule has 6 nitrogen and oxygen atoms in total. The molecule has 4 rings (SSSR count). The molecule has 1 spiro atoms. The van der Waals surface area contributed by atoms with E-state index in [9.17, 15) is 9.90 Å². The number of hydrogen-bond acceptors (Lipinski definition) is 6. The van der Waals surface area contributed by atoms with Crippen molar-refractivity contribution in [3.8, 4) is 0 Å². The number of aliphatic hydroxyl groups is 1. The van der Waals surface area contributed by atoms with Crippen molar-refractivity contribution in [2.24, 2.45) is 23.7 Å². The van der Waals surface area contributed by atoms with Crippen LogP contribution in [0, 0.1) is 23.7 Å². The largest absolute Gasteiger partial charge is 0.462 e. The van der Waals surface area contributed by atoms with E-state index in [2.05, 4.69) is 45.9 Å². The van der Waals surface area contributed by atoms with Crippen LogP contribution in [0.2, 0.25) is 0 Å². The molecule has 2 fully saturated rings. The van der Waals surface area contributed by atoms with Gasteiger partial charge in [-0.25, -0.2) is 0 Å². The van der Waals surface area contributed by atoms with E-state index in [1.807, 2.05) is 19.9 Å². The van der Waals surface area contributed by atoms with E-state index < -0.39 is 17.3 Å². The summed E-state index contributed by atoms with van der Waals surface area (Å²) >= 11 is 0. The Morgan fingerprint density at radius 3 is 2.59 bits per heavy atom. The van der Waals surface area contributed by atoms with E-state index in [1.165, 1.54) is 5.57 Å². The number of ether oxygens (including phenoxy) is 4. The minimum atomic E-state index is -1.26. The maximum Gasteiger partial charge on any atom is 0.316 e. The summed E-state index contributed by atoms with van der Waals surface area (Å²) in [7, 11) is 1.66. The zero-order chi connectivity index (χ0) is 28.4. The molecule has 3 heterocycles. The lowest BCUT2D eigenvalue weighted by Gasteiger charge is -2.50. The minimum Gasteiger partial charge on any atom is -0.462 e. The number of fused-ring (bicyclic) bond motifs is 3. The van der Waals surface area contributed by atoms with Gasteiger partial charge in [-0.2, -0.15) is 0 Å². The van der Waals surface area contributed by atoms with Crippen LogP contribution in [0.25, 0.3) is 0 Å². The highest BCUT2D eigenvalue weighted by atomic mass is 16.7. The first kappa shape index (κ1) is 30.5. The second kappa shape index (κ2) is 12.6. The Bertz CT molecular complexity index is 954. The average Bonchev–Trinajstić information content (AvgIpc) is 2.89. The van der Waals surface area contributed by atoms with Crippen molar-refractivity contribution >= 4 is 5.97 Å². The first-order valence-electron chi connectivity index (χ1n) is 15.3. The average molecular weight is 545 g/mol. The molecular formula is C33H52O6. The van der Waals surface area contributed by atoms with Gasteiger partial charge in [-0.15, -0.1) is 0 Å². The van der Waals surface area contributed by atoms with Gasteiger partial charge in [0.25, 0.3) is 0 Å². The molecule has 10 atom stereocenters. The highest BCUT2D eigenvalue weighted by Gasteiger charge is 2.52. The summed E-state index contributed by atoms with van der Waals surface area (Å²) in [6.45, 7) is 12.8. The number of hydrogen-bond donors (Lipinski definition) is 1. The Kier molecular flexibility index (Phi) is 9.84. The highest BCUT2D eigenvalue weighted by molar-refractivity contribution is 5.77. The number of methoxy groups -OCH3 is 1. The van der Waals surface area contributed by atoms with Crippen molar-refractivity contribution in [3.63, 3.8) is 0 Å². The summed E-state index contributed by atoms with van der Waals surface area (Å²) < 4.78 is 25.4. The summed E-state index contributed by atoms with van der Waals surface area (Å²) in [5.74, 6) is -1.11. The van der Waals surface area contributed by atoms with Gasteiger partial charge in [0, 0.05) is 32.8 Å². The number of allylic oxidation sites excluding steroid dienone is 3. The minimum absolute atomic E-state index is 0.0875. The van der Waals surface area contributed by atoms with Gasteiger partial charge in [0.1, 0.15) is 12.0 Å². The van der Waals surface area contributed by atoms with E-state index in [4.69, 9.17) is 18.9 Å². The third-order valence-corrected chi connectivity index (χ3v) is 9.82. The second-order valence-electron chi connectivity index (χ2n) is 13.1. The lowest BCUT2D eigenvalue weighted by atomic mass is 9.68. The lowest BCUT2D eigenvalue weighted by molar-refractivity contribution is -0.335. The van der Waals surface area contributed by atoms with Gasteiger partial charge in [0.15, 0.2) is 5.79 Å². The first-order valence-corrected chi connectivity index (χ1v) is 15.3. The fraction of sp³-hybridized carbons (Fsp3) is 0.788. The molecule has 1 aliphatic carbocycles. The van der Waals surface area contributed by atoms with Crippen molar-refractivity contribution < 1.29 is 28.8 Å². The Morgan fingerprint density at radius 1 is 1.10 bits per heavy atom. The van der Waals surface area contributed by atoms with Gasteiger partial charge in [0.2, 0.25) is 0 Å². The van der Waals surface area contributed by atoms with Crippen LogP contribution in [0.15, 0.2) is 35.5 Å². The van der Waals surface area contributed by atoms with E-state index in [0.29, 0.717) is 37.5 Å². The molecule has 0 aromatic rings. The smallest absolute Gasteiger partial charge is 0.316 e. The zero-order valence-corrected chi connectivity index (χ0v) is 25.3. The van der Waals surface area contributed by atoms with Crippen LogP contribution in [-0.2, 0) is 23.7 Å². The molecule has 0 aromatic heterocycles. The molecule has 220 valence electrons. The Balaban J connectivity index is 1.68. The van der Waals surface area contributed by atoms with Gasteiger partial charge in [0.05, 0.1) is 23.9 Å². The fourth-order valence-electron chi connectivity index (χ4n) is 7.26. The third kappa shape index (κ3) is 6.89. The summed E-state index contributed by atoms with van der Waals surface area (Å²) in [6.07, 6.45) is 14.8. The maximum atomic E-state index is 13.9. The lowest BCUT2D eigenvalue weighted by Crippen LogP contribution is -2.55. The Morgan fingerprint density at radius 2 is 1.87 bits per heavy atom. The molecule has 3 aliphatic heterocycles. The summed E-state index contributed by atoms with van der Waals surface area (Å²) in [6, 6.07) is 0. The predicted molar refractivity (Wildman–Crippen MR) is 153 cm³/mol. The highest BCUT2D eigenvalue weighted by Crippen LogP contribution is 2.45. The van der Waals surface area contributed by atoms with Crippen LogP contribution in [0.5, 0.6) is 0 Å². The van der Waals surface area contributed by atoms with Crippen LogP contribution in [0.4, 0.5) is 0 Å². The number of esters is 1. The monoisotopic (exact) mass is 544 g/mol. The van der Waals surface area contributed by atoms with Gasteiger partial charge in [-0.05, 0) is 69.3 Å². The molecule has 1 N–H and O–H groups in total. The standard InChI is InChI=1S/C33H52O6/c1-8-29-23(4)14-15-32(39-29)19-27-18-26(38-32)13-12-22(3)16-21(2)10-9-11-25(6)33(35)20-30(36-7)24(5)17-28(33)31(34)37-27/h9-10,12,17,21,23,25-30,35H,8,11,13-16,18-20H2,1-7H3. The first-order chi connectivity index (χ1) is 18.5. The second-order valence-corrected chi connectivity index (χ2v) is 13.1.